The van der Waals surface area contributed by atoms with Crippen LogP contribution in [0.1, 0.15) is 73.7 Å². The Morgan fingerprint density at radius 2 is 1.93 bits per heavy atom. The van der Waals surface area contributed by atoms with E-state index in [9.17, 15) is 14.0 Å². The van der Waals surface area contributed by atoms with Crippen molar-refractivity contribution in [3.63, 3.8) is 0 Å². The molecule has 29 heavy (non-hydrogen) atoms. The van der Waals surface area contributed by atoms with Crippen LogP contribution in [-0.4, -0.2) is 29.6 Å². The summed E-state index contributed by atoms with van der Waals surface area (Å²) in [5, 5.41) is 11.3. The normalized spacial score (nSPS) is 33.0. The number of halogens is 1. The highest BCUT2D eigenvalue weighted by Crippen LogP contribution is 2.65. The summed E-state index contributed by atoms with van der Waals surface area (Å²) in [6, 6.07) is 1.83. The Balaban J connectivity index is 1.36. The number of ether oxygens (including phenoxy) is 1. The monoisotopic (exact) mass is 401 g/mol. The van der Waals surface area contributed by atoms with E-state index in [4.69, 9.17) is 9.84 Å². The van der Waals surface area contributed by atoms with Gasteiger partial charge in [-0.25, -0.2) is 4.39 Å². The van der Waals surface area contributed by atoms with Gasteiger partial charge in [-0.05, 0) is 87.2 Å². The number of nitrogens with one attached hydrogen (secondary N) is 1. The molecule has 1 amide bonds. The van der Waals surface area contributed by atoms with E-state index in [1.54, 1.807) is 6.07 Å². The van der Waals surface area contributed by atoms with Gasteiger partial charge in [-0.1, -0.05) is 0 Å². The van der Waals surface area contributed by atoms with E-state index in [0.717, 1.165) is 36.2 Å². The Kier molecular flexibility index (Phi) is 4.37. The molecule has 5 nitrogen and oxygen atoms in total. The maximum Gasteiger partial charge on any atom is 0.325 e. The predicted octanol–water partition coefficient (Wildman–Crippen LogP) is 4.11. The van der Waals surface area contributed by atoms with E-state index in [1.807, 2.05) is 0 Å². The quantitative estimate of drug-likeness (QED) is 0.721. The van der Waals surface area contributed by atoms with Gasteiger partial charge in [0.1, 0.15) is 17.6 Å². The zero-order valence-corrected chi connectivity index (χ0v) is 16.7. The van der Waals surface area contributed by atoms with Crippen molar-refractivity contribution in [1.29, 1.82) is 0 Å². The first-order valence-corrected chi connectivity index (χ1v) is 10.8. The van der Waals surface area contributed by atoms with Crippen LogP contribution in [0.4, 0.5) is 4.39 Å². The molecule has 3 atom stereocenters. The lowest BCUT2D eigenvalue weighted by Gasteiger charge is -2.33. The fraction of sp³-hybridized carbons (Fsp3) is 0.652. The van der Waals surface area contributed by atoms with Crippen LogP contribution in [0, 0.1) is 29.0 Å². The Hall–Kier alpha value is -2.11. The summed E-state index contributed by atoms with van der Waals surface area (Å²) in [5.74, 6) is 0.793. The number of hydrogen-bond acceptors (Lipinski definition) is 3. The van der Waals surface area contributed by atoms with Gasteiger partial charge in [0.15, 0.2) is 0 Å². The van der Waals surface area contributed by atoms with E-state index >= 15 is 0 Å². The smallest absolute Gasteiger partial charge is 0.325 e. The van der Waals surface area contributed by atoms with Crippen molar-refractivity contribution in [2.24, 2.45) is 23.2 Å². The van der Waals surface area contributed by atoms with Crippen LogP contribution < -0.4 is 10.1 Å². The van der Waals surface area contributed by atoms with Gasteiger partial charge in [0, 0.05) is 11.5 Å². The minimum absolute atomic E-state index is 0.105. The van der Waals surface area contributed by atoms with Gasteiger partial charge in [0.2, 0.25) is 0 Å². The second kappa shape index (κ2) is 6.71. The fourth-order valence-corrected chi connectivity index (χ4v) is 6.34. The average Bonchev–Trinajstić information content (AvgIpc) is 3.43. The van der Waals surface area contributed by atoms with Crippen molar-refractivity contribution < 1.29 is 23.8 Å². The molecular formula is C23H28FNO4. The van der Waals surface area contributed by atoms with Gasteiger partial charge in [-0.2, -0.15) is 0 Å². The molecule has 0 aliphatic heterocycles. The number of benzene rings is 1. The van der Waals surface area contributed by atoms with Crippen molar-refractivity contribution in [3.8, 4) is 5.75 Å². The molecule has 1 aromatic rings. The third-order valence-corrected chi connectivity index (χ3v) is 7.75. The molecule has 0 heterocycles. The second-order valence-electron chi connectivity index (χ2n) is 9.87. The van der Waals surface area contributed by atoms with Crippen molar-refractivity contribution in [3.05, 3.63) is 29.1 Å². The molecule has 5 aliphatic carbocycles. The van der Waals surface area contributed by atoms with Crippen LogP contribution >= 0.6 is 0 Å². The van der Waals surface area contributed by atoms with Crippen molar-refractivity contribution in [2.75, 3.05) is 6.61 Å². The summed E-state index contributed by atoms with van der Waals surface area (Å²) in [6.07, 6.45) is 8.51. The van der Waals surface area contributed by atoms with Gasteiger partial charge >= 0.3 is 5.97 Å². The van der Waals surface area contributed by atoms with E-state index in [2.05, 4.69) is 5.32 Å². The molecule has 6 heteroatoms. The van der Waals surface area contributed by atoms with Crippen molar-refractivity contribution in [1.82, 2.24) is 5.32 Å². The van der Waals surface area contributed by atoms with E-state index in [1.165, 1.54) is 45.1 Å². The standard InChI is InChI=1S/C23H28FNO4/c1-12(22(27)28)25-21(26)18-7-17(15-2-3-15)20(8-19(18)24)29-11-23-9-13-4-14(10-23)6-16(23)5-13/h7-8,12-16H,2-6,9-11H2,1H3,(H,25,26)(H,27,28)/t12-,13?,14?,16?,23?/m0/s1. The van der Waals surface area contributed by atoms with Gasteiger partial charge in [-0.3, -0.25) is 9.59 Å². The molecule has 6 rings (SSSR count). The number of carbonyl (C=O) groups excluding carboxylic acids is 1. The lowest BCUT2D eigenvalue weighted by molar-refractivity contribution is -0.138. The Morgan fingerprint density at radius 1 is 1.24 bits per heavy atom. The van der Waals surface area contributed by atoms with E-state index in [0.29, 0.717) is 18.3 Å². The highest BCUT2D eigenvalue weighted by molar-refractivity contribution is 5.97. The molecule has 156 valence electrons. The summed E-state index contributed by atoms with van der Waals surface area (Å²) in [5.41, 5.74) is 1.04. The highest BCUT2D eigenvalue weighted by atomic mass is 19.1. The number of rotatable bonds is 7. The maximum atomic E-state index is 14.8. The topological polar surface area (TPSA) is 75.6 Å². The van der Waals surface area contributed by atoms with Crippen molar-refractivity contribution >= 4 is 11.9 Å². The molecule has 0 spiro atoms. The molecular weight excluding hydrogens is 373 g/mol. The number of carboxylic acids is 1. The zero-order valence-electron chi connectivity index (χ0n) is 16.7. The summed E-state index contributed by atoms with van der Waals surface area (Å²) in [7, 11) is 0. The Labute approximate surface area is 170 Å². The molecule has 2 unspecified atom stereocenters. The number of aliphatic carboxylic acids is 1. The number of amides is 1. The first-order chi connectivity index (χ1) is 13.8. The Morgan fingerprint density at radius 3 is 2.55 bits per heavy atom. The molecule has 0 aromatic heterocycles. The lowest BCUT2D eigenvalue weighted by Crippen LogP contribution is -2.38. The molecule has 1 aromatic carbocycles. The second-order valence-corrected chi connectivity index (χ2v) is 9.87. The van der Waals surface area contributed by atoms with Gasteiger partial charge in [-0.15, -0.1) is 0 Å². The van der Waals surface area contributed by atoms with Gasteiger partial charge < -0.3 is 15.2 Å². The molecule has 2 N–H and O–H groups in total. The average molecular weight is 401 g/mol. The highest BCUT2D eigenvalue weighted by Gasteiger charge is 2.58. The Bertz CT molecular complexity index is 851. The van der Waals surface area contributed by atoms with E-state index in [-0.39, 0.29) is 11.0 Å². The number of hydrogen-bond donors (Lipinski definition) is 2. The van der Waals surface area contributed by atoms with Crippen molar-refractivity contribution in [2.45, 2.75) is 63.8 Å². The zero-order chi connectivity index (χ0) is 20.3. The molecule has 4 bridgehead atoms. The summed E-state index contributed by atoms with van der Waals surface area (Å²) >= 11 is 0. The summed E-state index contributed by atoms with van der Waals surface area (Å²) in [6.45, 7) is 2.01. The number of carbonyl (C=O) groups is 2. The number of carboxylic acid groups (broad SMARTS) is 1. The summed E-state index contributed by atoms with van der Waals surface area (Å²) in [4.78, 5) is 23.4. The van der Waals surface area contributed by atoms with Crippen LogP contribution in [0.2, 0.25) is 0 Å². The minimum atomic E-state index is -1.15. The molecule has 5 aliphatic rings. The summed E-state index contributed by atoms with van der Waals surface area (Å²) < 4.78 is 21.0. The van der Waals surface area contributed by atoms with Crippen LogP contribution in [0.25, 0.3) is 0 Å². The first-order valence-electron chi connectivity index (χ1n) is 10.8. The van der Waals surface area contributed by atoms with E-state index < -0.39 is 23.7 Å². The maximum absolute atomic E-state index is 14.8. The largest absolute Gasteiger partial charge is 0.493 e. The third kappa shape index (κ3) is 3.30. The fourth-order valence-electron chi connectivity index (χ4n) is 6.34. The molecule has 5 fully saturated rings. The first kappa shape index (κ1) is 18.9. The SMILES string of the molecule is C[C@H](NC(=O)c1cc(C2CC2)c(OCC23CC4CC(CC2C4)C3)cc1F)C(=O)O. The third-order valence-electron chi connectivity index (χ3n) is 7.75. The molecule has 5 saturated carbocycles. The minimum Gasteiger partial charge on any atom is -0.493 e. The van der Waals surface area contributed by atoms with Gasteiger partial charge in [0.25, 0.3) is 5.91 Å². The molecule has 0 radical (unpaired) electrons. The van der Waals surface area contributed by atoms with Crippen LogP contribution in [0.15, 0.2) is 12.1 Å². The van der Waals surface area contributed by atoms with Crippen LogP contribution in [-0.2, 0) is 4.79 Å². The lowest BCUT2D eigenvalue weighted by atomic mass is 9.76. The predicted molar refractivity (Wildman–Crippen MR) is 104 cm³/mol. The van der Waals surface area contributed by atoms with Gasteiger partial charge in [0.05, 0.1) is 12.2 Å². The van der Waals surface area contributed by atoms with Crippen LogP contribution in [0.5, 0.6) is 5.75 Å². The molecule has 0 saturated heterocycles. The van der Waals surface area contributed by atoms with Crippen LogP contribution in [0.3, 0.4) is 0 Å².